The summed E-state index contributed by atoms with van der Waals surface area (Å²) >= 11 is 0. The van der Waals surface area contributed by atoms with E-state index in [0.717, 1.165) is 60.2 Å². The molecule has 2 aromatic carbocycles. The minimum absolute atomic E-state index is 0.0632. The quantitative estimate of drug-likeness (QED) is 0.280. The van der Waals surface area contributed by atoms with Crippen molar-refractivity contribution in [2.75, 3.05) is 31.1 Å². The number of pyridine rings is 1. The summed E-state index contributed by atoms with van der Waals surface area (Å²) in [7, 11) is 0. The molecule has 1 unspecified atom stereocenters. The van der Waals surface area contributed by atoms with Gasteiger partial charge in [0, 0.05) is 84.8 Å². The third-order valence-electron chi connectivity index (χ3n) is 13.0. The number of piperidine rings is 1. The number of fused-ring (bicyclic) bond motifs is 2. The second-order valence-electron chi connectivity index (χ2n) is 17.7. The van der Waals surface area contributed by atoms with Crippen molar-refractivity contribution in [2.24, 2.45) is 16.7 Å². The Balaban J connectivity index is 0.788. The number of amides is 5. The average molecular weight is 820 g/mol. The fourth-order valence-corrected chi connectivity index (χ4v) is 10.4. The summed E-state index contributed by atoms with van der Waals surface area (Å²) in [6.45, 7) is 11.2. The number of benzene rings is 2. The predicted octanol–water partition coefficient (Wildman–Crippen LogP) is 4.38. The molecule has 5 amide bonds. The van der Waals surface area contributed by atoms with Gasteiger partial charge in [-0.2, -0.15) is 18.4 Å². The lowest BCUT2D eigenvalue weighted by Crippen LogP contribution is -2.74. The van der Waals surface area contributed by atoms with Crippen molar-refractivity contribution in [3.8, 4) is 23.7 Å². The van der Waals surface area contributed by atoms with E-state index in [1.807, 2.05) is 50.8 Å². The van der Waals surface area contributed by atoms with E-state index in [4.69, 9.17) is 10.00 Å². The number of nitrogens with zero attached hydrogens (tertiary/aromatic N) is 6. The van der Waals surface area contributed by atoms with Crippen molar-refractivity contribution in [1.29, 1.82) is 5.26 Å². The molecule has 9 rings (SSSR count). The Morgan fingerprint density at radius 1 is 0.883 bits per heavy atom. The Morgan fingerprint density at radius 3 is 2.27 bits per heavy atom. The Hall–Kier alpha value is -6.26. The summed E-state index contributed by atoms with van der Waals surface area (Å²) in [6.07, 6.45) is -4.02. The van der Waals surface area contributed by atoms with Crippen LogP contribution in [0.1, 0.15) is 94.0 Å². The number of ether oxygens (including phenoxy) is 1. The van der Waals surface area contributed by atoms with Gasteiger partial charge in [-0.25, -0.2) is 4.98 Å². The van der Waals surface area contributed by atoms with Crippen LogP contribution in [-0.2, 0) is 22.3 Å². The summed E-state index contributed by atoms with van der Waals surface area (Å²) in [5.74, 6) is 4.54. The molecule has 6 aliphatic rings. The van der Waals surface area contributed by atoms with Gasteiger partial charge in [0.1, 0.15) is 24.0 Å². The second-order valence-corrected chi connectivity index (χ2v) is 17.7. The maximum absolute atomic E-state index is 13.8. The third kappa shape index (κ3) is 6.19. The standard InChI is InChI=1S/C44H40F3N7O6/c1-42(2)40(43(3,4)41(42)60-28-15-32(44(45,46)47)33(16-48)49-17-28)53-20-25-13-23(7-9-29(25)37(53)57)5-6-24-18-51(19-24)27-21-52(22-27)26-8-10-30-31(14-26)39(59)54(38(30)58)34-11-12-35(55)50-36(34)56/h7-10,13-15,17,24,27,34,40-41H,11-12,18-22H2,1-4H3,(H,50,55,56)/t34?,40-,41-. The lowest BCUT2D eigenvalue weighted by atomic mass is 9.49. The first kappa shape index (κ1) is 39.2. The average Bonchev–Trinajstić information content (AvgIpc) is 3.59. The Bertz CT molecular complexity index is 2510. The predicted molar refractivity (Wildman–Crippen MR) is 207 cm³/mol. The molecule has 60 heavy (non-hydrogen) atoms. The maximum Gasteiger partial charge on any atom is 0.419 e. The summed E-state index contributed by atoms with van der Waals surface area (Å²) < 4.78 is 47.0. The monoisotopic (exact) mass is 819 g/mol. The molecule has 1 N–H and O–H groups in total. The molecule has 3 saturated heterocycles. The van der Waals surface area contributed by atoms with E-state index in [1.165, 1.54) is 6.07 Å². The van der Waals surface area contributed by atoms with Crippen LogP contribution in [0.5, 0.6) is 5.75 Å². The van der Waals surface area contributed by atoms with Crippen LogP contribution in [0, 0.1) is 39.9 Å². The number of hydrogen-bond donors (Lipinski definition) is 1. The fraction of sp³-hybridized carbons (Fsp3) is 0.432. The molecular formula is C44H40F3N7O6. The zero-order valence-corrected chi connectivity index (χ0v) is 33.2. The normalized spacial score (nSPS) is 24.7. The minimum atomic E-state index is -4.77. The molecule has 3 aromatic rings. The summed E-state index contributed by atoms with van der Waals surface area (Å²) in [5.41, 5.74) is 0.450. The molecule has 1 saturated carbocycles. The van der Waals surface area contributed by atoms with Gasteiger partial charge in [-0.05, 0) is 54.4 Å². The molecule has 16 heteroatoms. The molecule has 5 aliphatic heterocycles. The van der Waals surface area contributed by atoms with Crippen LogP contribution in [-0.4, -0.2) is 99.6 Å². The zero-order valence-electron chi connectivity index (χ0n) is 33.2. The molecule has 0 radical (unpaired) electrons. The number of carbonyl (C=O) groups excluding carboxylic acids is 5. The number of aromatic nitrogens is 1. The van der Waals surface area contributed by atoms with Gasteiger partial charge in [-0.1, -0.05) is 39.5 Å². The molecule has 4 fully saturated rings. The zero-order chi connectivity index (χ0) is 42.6. The van der Waals surface area contributed by atoms with Crippen LogP contribution in [0.4, 0.5) is 18.9 Å². The number of anilines is 1. The number of carbonyl (C=O) groups is 5. The van der Waals surface area contributed by atoms with E-state index in [1.54, 1.807) is 18.2 Å². The number of halogens is 3. The van der Waals surface area contributed by atoms with E-state index in [0.29, 0.717) is 18.2 Å². The molecule has 1 aliphatic carbocycles. The SMILES string of the molecule is CC1(C)[C@H](Oc2cnc(C#N)c(C(F)(F)F)c2)C(C)(C)[C@H]1N1Cc2cc(C#CC3CN(C4CN(c5ccc6c(c5)C(=O)N(C5CCC(=O)NC5=O)C6=O)C4)C3)ccc2C1=O. The highest BCUT2D eigenvalue weighted by molar-refractivity contribution is 6.23. The molecule has 308 valence electrons. The second kappa shape index (κ2) is 13.6. The highest BCUT2D eigenvalue weighted by atomic mass is 19.4. The largest absolute Gasteiger partial charge is 0.488 e. The number of nitrogens with one attached hydrogen (secondary N) is 1. The highest BCUT2D eigenvalue weighted by Crippen LogP contribution is 2.59. The molecular weight excluding hydrogens is 780 g/mol. The van der Waals surface area contributed by atoms with Crippen LogP contribution >= 0.6 is 0 Å². The van der Waals surface area contributed by atoms with Gasteiger partial charge in [0.15, 0.2) is 5.69 Å². The van der Waals surface area contributed by atoms with E-state index >= 15 is 0 Å². The van der Waals surface area contributed by atoms with Crippen molar-refractivity contribution < 1.29 is 41.9 Å². The number of alkyl halides is 3. The third-order valence-corrected chi connectivity index (χ3v) is 13.0. The van der Waals surface area contributed by atoms with Gasteiger partial charge >= 0.3 is 6.18 Å². The van der Waals surface area contributed by atoms with Crippen molar-refractivity contribution in [3.05, 3.63) is 87.7 Å². The van der Waals surface area contributed by atoms with Crippen LogP contribution in [0.3, 0.4) is 0 Å². The van der Waals surface area contributed by atoms with Gasteiger partial charge in [0.25, 0.3) is 17.7 Å². The van der Waals surface area contributed by atoms with Crippen LogP contribution in [0.25, 0.3) is 0 Å². The van der Waals surface area contributed by atoms with Gasteiger partial charge in [-0.15, -0.1) is 0 Å². The topological polar surface area (TPSA) is 156 Å². The Labute approximate surface area is 343 Å². The summed E-state index contributed by atoms with van der Waals surface area (Å²) in [4.78, 5) is 75.1. The minimum Gasteiger partial charge on any atom is -0.488 e. The lowest BCUT2D eigenvalue weighted by molar-refractivity contribution is -0.199. The van der Waals surface area contributed by atoms with Crippen LogP contribution < -0.4 is 15.0 Å². The van der Waals surface area contributed by atoms with E-state index in [2.05, 4.69) is 31.9 Å². The first-order valence-corrected chi connectivity index (χ1v) is 19.8. The Kier molecular flexibility index (Phi) is 8.91. The molecule has 6 heterocycles. The van der Waals surface area contributed by atoms with Gasteiger partial charge < -0.3 is 14.5 Å². The summed E-state index contributed by atoms with van der Waals surface area (Å²) in [6, 6.07) is 12.1. The molecule has 1 atom stereocenters. The van der Waals surface area contributed by atoms with Crippen molar-refractivity contribution >= 4 is 35.2 Å². The summed E-state index contributed by atoms with van der Waals surface area (Å²) in [5, 5.41) is 11.3. The fourth-order valence-electron chi connectivity index (χ4n) is 10.4. The maximum atomic E-state index is 13.8. The van der Waals surface area contributed by atoms with Crippen LogP contribution in [0.2, 0.25) is 0 Å². The van der Waals surface area contributed by atoms with Gasteiger partial charge in [0.05, 0.1) is 22.9 Å². The molecule has 0 spiro atoms. The number of likely N-dealkylation sites (tertiary alicyclic amines) is 1. The smallest absolute Gasteiger partial charge is 0.419 e. The van der Waals surface area contributed by atoms with E-state index in [-0.39, 0.29) is 47.6 Å². The van der Waals surface area contributed by atoms with Gasteiger partial charge in [-0.3, -0.25) is 39.1 Å². The van der Waals surface area contributed by atoms with Crippen molar-refractivity contribution in [3.63, 3.8) is 0 Å². The number of rotatable bonds is 6. The van der Waals surface area contributed by atoms with E-state index < -0.39 is 64.0 Å². The van der Waals surface area contributed by atoms with Gasteiger partial charge in [0.2, 0.25) is 11.8 Å². The molecule has 0 bridgehead atoms. The van der Waals surface area contributed by atoms with Crippen molar-refractivity contribution in [2.45, 2.75) is 77.5 Å². The molecule has 1 aromatic heterocycles. The number of imide groups is 2. The number of hydrogen-bond acceptors (Lipinski definition) is 10. The first-order chi connectivity index (χ1) is 28.4. The number of nitriles is 1. The van der Waals surface area contributed by atoms with E-state index in [9.17, 15) is 37.1 Å². The lowest BCUT2D eigenvalue weighted by Gasteiger charge is -2.65. The molecule has 13 nitrogen and oxygen atoms in total. The first-order valence-electron chi connectivity index (χ1n) is 19.8. The van der Waals surface area contributed by atoms with Crippen molar-refractivity contribution in [1.82, 2.24) is 25.0 Å². The highest BCUT2D eigenvalue weighted by Gasteiger charge is 2.67. The Morgan fingerprint density at radius 2 is 1.58 bits per heavy atom. The van der Waals surface area contributed by atoms with Crippen LogP contribution in [0.15, 0.2) is 48.7 Å².